The van der Waals surface area contributed by atoms with Gasteiger partial charge in [0, 0.05) is 23.1 Å². The minimum absolute atomic E-state index is 0.0418. The largest absolute Gasteiger partial charge is 0.298 e. The number of rotatable bonds is 4. The van der Waals surface area contributed by atoms with Gasteiger partial charge in [-0.15, -0.1) is 11.3 Å². The van der Waals surface area contributed by atoms with Crippen LogP contribution in [0.15, 0.2) is 41.8 Å². The first kappa shape index (κ1) is 17.6. The lowest BCUT2D eigenvalue weighted by molar-refractivity contribution is -0.384. The van der Waals surface area contributed by atoms with Crippen LogP contribution in [0.3, 0.4) is 0 Å². The third-order valence-electron chi connectivity index (χ3n) is 4.52. The summed E-state index contributed by atoms with van der Waals surface area (Å²) in [5.74, 6) is -0.529. The van der Waals surface area contributed by atoms with Crippen LogP contribution in [0.25, 0.3) is 11.3 Å². The molecule has 0 saturated carbocycles. The van der Waals surface area contributed by atoms with Gasteiger partial charge in [0.2, 0.25) is 0 Å². The first-order valence-corrected chi connectivity index (χ1v) is 9.60. The Kier molecular flexibility index (Phi) is 4.63. The van der Waals surface area contributed by atoms with Crippen molar-refractivity contribution in [2.24, 2.45) is 0 Å². The molecule has 1 N–H and O–H groups in total. The molecule has 0 atom stereocenters. The van der Waals surface area contributed by atoms with Crippen LogP contribution >= 0.6 is 22.9 Å². The number of hydrogen-bond acceptors (Lipinski definition) is 5. The summed E-state index contributed by atoms with van der Waals surface area (Å²) in [5.41, 5.74) is 4.40. The van der Waals surface area contributed by atoms with Crippen molar-refractivity contribution in [2.45, 2.75) is 19.3 Å². The Balaban J connectivity index is 1.55. The summed E-state index contributed by atoms with van der Waals surface area (Å²) in [6, 6.07) is 10.1. The Bertz CT molecular complexity index is 1060. The normalized spacial score (nSPS) is 12.6. The second-order valence-corrected chi connectivity index (χ2v) is 7.52. The van der Waals surface area contributed by atoms with Gasteiger partial charge in [-0.25, -0.2) is 4.98 Å². The maximum absolute atomic E-state index is 12.5. The zero-order valence-electron chi connectivity index (χ0n) is 14.1. The molecule has 0 radical (unpaired) electrons. The third kappa shape index (κ3) is 3.56. The Labute approximate surface area is 164 Å². The van der Waals surface area contributed by atoms with Gasteiger partial charge in [-0.3, -0.25) is 20.2 Å². The second kappa shape index (κ2) is 7.09. The zero-order valence-corrected chi connectivity index (χ0v) is 15.6. The van der Waals surface area contributed by atoms with Gasteiger partial charge in [0.15, 0.2) is 5.13 Å². The number of nitrogens with one attached hydrogen (secondary N) is 1. The first-order chi connectivity index (χ1) is 13.0. The van der Waals surface area contributed by atoms with E-state index < -0.39 is 10.8 Å². The summed E-state index contributed by atoms with van der Waals surface area (Å²) in [4.78, 5) is 27.3. The fourth-order valence-electron chi connectivity index (χ4n) is 3.16. The number of nitro benzene ring substituents is 1. The van der Waals surface area contributed by atoms with E-state index in [0.717, 1.165) is 30.2 Å². The monoisotopic (exact) mass is 399 g/mol. The molecule has 6 nitrogen and oxygen atoms in total. The number of aryl methyl sites for hydroxylation is 2. The zero-order chi connectivity index (χ0) is 19.0. The lowest BCUT2D eigenvalue weighted by atomic mass is 10.1. The van der Waals surface area contributed by atoms with Crippen LogP contribution in [0.4, 0.5) is 10.8 Å². The van der Waals surface area contributed by atoms with Crippen LogP contribution in [0.5, 0.6) is 0 Å². The molecule has 0 spiro atoms. The molecule has 0 aliphatic heterocycles. The summed E-state index contributed by atoms with van der Waals surface area (Å²) in [6.45, 7) is 0. The van der Waals surface area contributed by atoms with Gasteiger partial charge in [-0.1, -0.05) is 23.7 Å². The highest BCUT2D eigenvalue weighted by Crippen LogP contribution is 2.30. The van der Waals surface area contributed by atoms with E-state index in [0.29, 0.717) is 5.13 Å². The van der Waals surface area contributed by atoms with Crippen LogP contribution in [0, 0.1) is 10.1 Å². The van der Waals surface area contributed by atoms with Gasteiger partial charge in [0.05, 0.1) is 21.2 Å². The highest BCUT2D eigenvalue weighted by atomic mass is 35.5. The van der Waals surface area contributed by atoms with Gasteiger partial charge >= 0.3 is 0 Å². The van der Waals surface area contributed by atoms with Gasteiger partial charge in [-0.05, 0) is 42.5 Å². The number of fused-ring (bicyclic) bond motifs is 1. The molecule has 4 rings (SSSR count). The molecule has 8 heteroatoms. The van der Waals surface area contributed by atoms with Gasteiger partial charge in [0.1, 0.15) is 0 Å². The number of nitrogens with zero attached hydrogens (tertiary/aromatic N) is 2. The van der Waals surface area contributed by atoms with Crippen molar-refractivity contribution in [3.63, 3.8) is 0 Å². The number of anilines is 1. The predicted octanol–water partition coefficient (Wildman–Crippen LogP) is 5.11. The van der Waals surface area contributed by atoms with Crippen LogP contribution in [-0.4, -0.2) is 15.8 Å². The van der Waals surface area contributed by atoms with Crippen molar-refractivity contribution in [3.8, 4) is 11.3 Å². The topological polar surface area (TPSA) is 85.1 Å². The molecule has 1 amide bonds. The summed E-state index contributed by atoms with van der Waals surface area (Å²) in [5, 5.41) is 16.0. The molecule has 1 aromatic heterocycles. The van der Waals surface area contributed by atoms with Crippen molar-refractivity contribution < 1.29 is 9.72 Å². The first-order valence-electron chi connectivity index (χ1n) is 8.34. The van der Waals surface area contributed by atoms with Crippen molar-refractivity contribution in [1.29, 1.82) is 0 Å². The van der Waals surface area contributed by atoms with Gasteiger partial charge in [-0.2, -0.15) is 0 Å². The predicted molar refractivity (Wildman–Crippen MR) is 106 cm³/mol. The number of halogens is 1. The number of non-ortho nitro benzene ring substituents is 1. The van der Waals surface area contributed by atoms with Crippen LogP contribution in [0.2, 0.25) is 5.02 Å². The fraction of sp³-hybridized carbons (Fsp3) is 0.158. The number of thiazole rings is 1. The molecule has 0 fully saturated rings. The van der Waals surface area contributed by atoms with E-state index in [9.17, 15) is 14.9 Å². The summed E-state index contributed by atoms with van der Waals surface area (Å²) in [6.07, 6.45) is 3.39. The minimum Gasteiger partial charge on any atom is -0.298 e. The molecule has 2 aromatic carbocycles. The maximum Gasteiger partial charge on any atom is 0.270 e. The Hall–Kier alpha value is -2.77. The van der Waals surface area contributed by atoms with E-state index in [1.807, 2.05) is 11.4 Å². The SMILES string of the molecule is O=C(Nc1nc(-c2ccc3c(c2)CCC3)cs1)c1cc([N+](=O)[O-])ccc1Cl. The van der Waals surface area contributed by atoms with Crippen molar-refractivity contribution >= 4 is 39.7 Å². The van der Waals surface area contributed by atoms with Crippen LogP contribution < -0.4 is 5.32 Å². The van der Waals surface area contributed by atoms with E-state index in [1.54, 1.807) is 0 Å². The van der Waals surface area contributed by atoms with Gasteiger partial charge in [0.25, 0.3) is 11.6 Å². The maximum atomic E-state index is 12.5. The number of aromatic nitrogens is 1. The smallest absolute Gasteiger partial charge is 0.270 e. The van der Waals surface area contributed by atoms with E-state index in [4.69, 9.17) is 11.6 Å². The van der Waals surface area contributed by atoms with E-state index in [-0.39, 0.29) is 16.3 Å². The Morgan fingerprint density at radius 1 is 1.19 bits per heavy atom. The second-order valence-electron chi connectivity index (χ2n) is 6.25. The van der Waals surface area contributed by atoms with E-state index >= 15 is 0 Å². The molecule has 1 aliphatic carbocycles. The van der Waals surface area contributed by atoms with E-state index in [1.165, 1.54) is 41.0 Å². The highest BCUT2D eigenvalue weighted by Gasteiger charge is 2.18. The molecular formula is C19H14ClN3O3S. The number of hydrogen-bond donors (Lipinski definition) is 1. The number of carbonyl (C=O) groups excluding carboxylic acids is 1. The molecule has 0 bridgehead atoms. The number of nitro groups is 1. The van der Waals surface area contributed by atoms with Crippen molar-refractivity contribution in [2.75, 3.05) is 5.32 Å². The molecule has 136 valence electrons. The molecular weight excluding hydrogens is 386 g/mol. The average Bonchev–Trinajstić information content (AvgIpc) is 3.30. The summed E-state index contributed by atoms with van der Waals surface area (Å²) in [7, 11) is 0. The lowest BCUT2D eigenvalue weighted by Crippen LogP contribution is -2.12. The molecule has 0 saturated heterocycles. The standard InChI is InChI=1S/C19H14ClN3O3S/c20-16-7-6-14(23(25)26)9-15(16)18(24)22-19-21-17(10-27-19)13-5-4-11-2-1-3-12(11)8-13/h4-10H,1-3H2,(H,21,22,24). The fourth-order valence-corrected chi connectivity index (χ4v) is 4.08. The summed E-state index contributed by atoms with van der Waals surface area (Å²) < 4.78 is 0. The number of amides is 1. The van der Waals surface area contributed by atoms with Crippen molar-refractivity contribution in [3.05, 3.63) is 73.6 Å². The lowest BCUT2D eigenvalue weighted by Gasteiger charge is -2.04. The average molecular weight is 400 g/mol. The van der Waals surface area contributed by atoms with E-state index in [2.05, 4.69) is 22.4 Å². The van der Waals surface area contributed by atoms with Crippen molar-refractivity contribution in [1.82, 2.24) is 4.98 Å². The third-order valence-corrected chi connectivity index (χ3v) is 5.61. The van der Waals surface area contributed by atoms with Gasteiger partial charge < -0.3 is 0 Å². The molecule has 0 unspecified atom stereocenters. The summed E-state index contributed by atoms with van der Waals surface area (Å²) >= 11 is 7.31. The number of carbonyl (C=O) groups is 1. The number of benzene rings is 2. The Morgan fingerprint density at radius 2 is 2.00 bits per heavy atom. The quantitative estimate of drug-likeness (QED) is 0.487. The highest BCUT2D eigenvalue weighted by molar-refractivity contribution is 7.14. The minimum atomic E-state index is -0.567. The van der Waals surface area contributed by atoms with Crippen LogP contribution in [-0.2, 0) is 12.8 Å². The van der Waals surface area contributed by atoms with Crippen LogP contribution in [0.1, 0.15) is 27.9 Å². The Morgan fingerprint density at radius 3 is 2.81 bits per heavy atom. The molecule has 1 aliphatic rings. The molecule has 3 aromatic rings. The molecule has 1 heterocycles. The molecule has 27 heavy (non-hydrogen) atoms.